The van der Waals surface area contributed by atoms with Crippen LogP contribution >= 0.6 is 0 Å². The van der Waals surface area contributed by atoms with Crippen molar-refractivity contribution in [1.29, 1.82) is 0 Å². The Morgan fingerprint density at radius 1 is 1.23 bits per heavy atom. The molecule has 0 bridgehead atoms. The first-order valence-corrected chi connectivity index (χ1v) is 8.16. The Labute approximate surface area is 150 Å². The maximum absolute atomic E-state index is 12.2. The Morgan fingerprint density at radius 2 is 1.85 bits per heavy atom. The fraction of sp³-hybridized carbons (Fsp3) is 0.412. The van der Waals surface area contributed by atoms with Crippen molar-refractivity contribution in [3.8, 4) is 11.5 Å². The third-order valence-electron chi connectivity index (χ3n) is 3.99. The molecule has 2 rings (SSSR count). The van der Waals surface area contributed by atoms with Crippen LogP contribution in [0.15, 0.2) is 18.2 Å². The van der Waals surface area contributed by atoms with Crippen LogP contribution < -0.4 is 9.47 Å². The van der Waals surface area contributed by atoms with E-state index >= 15 is 0 Å². The van der Waals surface area contributed by atoms with Crippen molar-refractivity contribution in [3.05, 3.63) is 33.9 Å². The molecule has 9 nitrogen and oxygen atoms in total. The number of ether oxygens (including phenoxy) is 2. The van der Waals surface area contributed by atoms with Gasteiger partial charge in [-0.25, -0.2) is 0 Å². The molecule has 1 heterocycles. The SMILES string of the molecule is CCN(CC)C(=O)CN(C)C(=O)/C=C/c1cc2c(cc1[N+](=O)[O-])OCO2. The largest absolute Gasteiger partial charge is 0.454 e. The highest BCUT2D eigenvalue weighted by Gasteiger charge is 2.22. The minimum absolute atomic E-state index is 0.00517. The molecule has 1 aromatic rings. The predicted molar refractivity (Wildman–Crippen MR) is 93.8 cm³/mol. The van der Waals surface area contributed by atoms with Crippen molar-refractivity contribution in [2.45, 2.75) is 13.8 Å². The van der Waals surface area contributed by atoms with Crippen LogP contribution in [0.25, 0.3) is 6.08 Å². The highest BCUT2D eigenvalue weighted by Crippen LogP contribution is 2.38. The normalized spacial score (nSPS) is 12.3. The number of hydrogen-bond acceptors (Lipinski definition) is 6. The second kappa shape index (κ2) is 8.32. The van der Waals surface area contributed by atoms with Crippen LogP contribution in [-0.2, 0) is 9.59 Å². The number of amides is 2. The van der Waals surface area contributed by atoms with Gasteiger partial charge in [-0.3, -0.25) is 19.7 Å². The van der Waals surface area contributed by atoms with E-state index in [4.69, 9.17) is 9.47 Å². The van der Waals surface area contributed by atoms with Gasteiger partial charge in [-0.15, -0.1) is 0 Å². The molecule has 2 amide bonds. The average Bonchev–Trinajstić information content (AvgIpc) is 3.06. The number of nitro benzene ring substituents is 1. The van der Waals surface area contributed by atoms with Gasteiger partial charge in [-0.2, -0.15) is 0 Å². The molecule has 9 heteroatoms. The smallest absolute Gasteiger partial charge is 0.280 e. The van der Waals surface area contributed by atoms with E-state index < -0.39 is 10.8 Å². The number of nitro groups is 1. The Bertz CT molecular complexity index is 742. The molecular weight excluding hydrogens is 342 g/mol. The van der Waals surface area contributed by atoms with Crippen molar-refractivity contribution in [2.75, 3.05) is 33.5 Å². The summed E-state index contributed by atoms with van der Waals surface area (Å²) in [7, 11) is 1.50. The molecule has 0 fully saturated rings. The third-order valence-corrected chi connectivity index (χ3v) is 3.99. The molecule has 1 aliphatic rings. The number of fused-ring (bicyclic) bond motifs is 1. The summed E-state index contributed by atoms with van der Waals surface area (Å²) < 4.78 is 10.3. The molecule has 0 unspecified atom stereocenters. The van der Waals surface area contributed by atoms with Crippen LogP contribution in [0, 0.1) is 10.1 Å². The fourth-order valence-electron chi connectivity index (χ4n) is 2.48. The molecule has 0 saturated carbocycles. The molecule has 0 aromatic heterocycles. The van der Waals surface area contributed by atoms with Gasteiger partial charge in [0.1, 0.15) is 0 Å². The molecular formula is C17H21N3O6. The van der Waals surface area contributed by atoms with Crippen LogP contribution in [0.2, 0.25) is 0 Å². The molecule has 0 spiro atoms. The highest BCUT2D eigenvalue weighted by molar-refractivity contribution is 5.94. The van der Waals surface area contributed by atoms with Crippen molar-refractivity contribution in [2.24, 2.45) is 0 Å². The van der Waals surface area contributed by atoms with Crippen molar-refractivity contribution < 1.29 is 24.0 Å². The van der Waals surface area contributed by atoms with Gasteiger partial charge in [0.15, 0.2) is 11.5 Å². The van der Waals surface area contributed by atoms with E-state index in [-0.39, 0.29) is 30.5 Å². The van der Waals surface area contributed by atoms with Gasteiger partial charge >= 0.3 is 0 Å². The molecule has 0 radical (unpaired) electrons. The van der Waals surface area contributed by atoms with Crippen LogP contribution in [0.3, 0.4) is 0 Å². The first-order chi connectivity index (χ1) is 12.4. The van der Waals surface area contributed by atoms with Crippen LogP contribution in [0.5, 0.6) is 11.5 Å². The van der Waals surface area contributed by atoms with E-state index in [9.17, 15) is 19.7 Å². The summed E-state index contributed by atoms with van der Waals surface area (Å²) >= 11 is 0. The first kappa shape index (κ1) is 19.2. The molecule has 0 saturated heterocycles. The number of nitrogens with zero attached hydrogens (tertiary/aromatic N) is 3. The number of carbonyl (C=O) groups is 2. The van der Waals surface area contributed by atoms with Crippen LogP contribution in [0.4, 0.5) is 5.69 Å². The zero-order chi connectivity index (χ0) is 19.3. The third kappa shape index (κ3) is 4.29. The predicted octanol–water partition coefficient (Wildman–Crippen LogP) is 1.66. The Balaban J connectivity index is 2.12. The van der Waals surface area contributed by atoms with Gasteiger partial charge in [0.25, 0.3) is 5.69 Å². The zero-order valence-corrected chi connectivity index (χ0v) is 14.9. The molecule has 0 N–H and O–H groups in total. The van der Waals surface area contributed by atoms with Crippen molar-refractivity contribution >= 4 is 23.6 Å². The number of likely N-dealkylation sites (N-methyl/N-ethyl adjacent to an activating group) is 2. The lowest BCUT2D eigenvalue weighted by Crippen LogP contribution is -2.40. The lowest BCUT2D eigenvalue weighted by atomic mass is 10.1. The summed E-state index contributed by atoms with van der Waals surface area (Å²) in [5.41, 5.74) is 0.0243. The fourth-order valence-corrected chi connectivity index (χ4v) is 2.48. The lowest BCUT2D eigenvalue weighted by Gasteiger charge is -2.22. The number of benzene rings is 1. The minimum Gasteiger partial charge on any atom is -0.454 e. The monoisotopic (exact) mass is 363 g/mol. The summed E-state index contributed by atoms with van der Waals surface area (Å²) in [5.74, 6) is 0.0839. The average molecular weight is 363 g/mol. The first-order valence-electron chi connectivity index (χ1n) is 8.16. The number of hydrogen-bond donors (Lipinski definition) is 0. The Kier molecular flexibility index (Phi) is 6.16. The quantitative estimate of drug-likeness (QED) is 0.415. The van der Waals surface area contributed by atoms with Gasteiger partial charge in [0, 0.05) is 26.2 Å². The molecule has 0 aliphatic carbocycles. The highest BCUT2D eigenvalue weighted by atomic mass is 16.7. The maximum Gasteiger partial charge on any atom is 0.280 e. The van der Waals surface area contributed by atoms with E-state index in [1.807, 2.05) is 13.8 Å². The summed E-state index contributed by atoms with van der Waals surface area (Å²) in [6, 6.07) is 2.71. The van der Waals surface area contributed by atoms with E-state index in [1.165, 1.54) is 36.2 Å². The van der Waals surface area contributed by atoms with Gasteiger partial charge in [-0.1, -0.05) is 0 Å². The van der Waals surface area contributed by atoms with Gasteiger partial charge in [0.05, 0.1) is 23.1 Å². The molecule has 0 atom stereocenters. The maximum atomic E-state index is 12.2. The zero-order valence-electron chi connectivity index (χ0n) is 14.9. The topological polar surface area (TPSA) is 102 Å². The number of carbonyl (C=O) groups excluding carboxylic acids is 2. The van der Waals surface area contributed by atoms with E-state index in [0.29, 0.717) is 24.6 Å². The lowest BCUT2D eigenvalue weighted by molar-refractivity contribution is -0.385. The van der Waals surface area contributed by atoms with Crippen molar-refractivity contribution in [3.63, 3.8) is 0 Å². The second-order valence-corrected chi connectivity index (χ2v) is 5.62. The van der Waals surface area contributed by atoms with E-state index in [0.717, 1.165) is 0 Å². The van der Waals surface area contributed by atoms with Gasteiger partial charge in [0.2, 0.25) is 18.6 Å². The van der Waals surface area contributed by atoms with E-state index in [2.05, 4.69) is 0 Å². The Hall–Kier alpha value is -3.10. The summed E-state index contributed by atoms with van der Waals surface area (Å²) in [5, 5.41) is 11.2. The summed E-state index contributed by atoms with van der Waals surface area (Å²) in [6.45, 7) is 4.79. The van der Waals surface area contributed by atoms with Crippen LogP contribution in [-0.4, -0.2) is 60.0 Å². The standard InChI is InChI=1S/C17H21N3O6/c1-4-19(5-2)17(22)10-18(3)16(21)7-6-12-8-14-15(26-11-25-14)9-13(12)20(23)24/h6-9H,4-5,10-11H2,1-3H3/b7-6+. The minimum atomic E-state index is -0.556. The molecule has 1 aromatic carbocycles. The van der Waals surface area contributed by atoms with E-state index in [1.54, 1.807) is 4.90 Å². The van der Waals surface area contributed by atoms with Gasteiger partial charge in [-0.05, 0) is 26.0 Å². The number of rotatable bonds is 7. The summed E-state index contributed by atoms with van der Waals surface area (Å²) in [6.07, 6.45) is 2.53. The Morgan fingerprint density at radius 3 is 2.42 bits per heavy atom. The molecule has 140 valence electrons. The molecule has 1 aliphatic heterocycles. The van der Waals surface area contributed by atoms with Crippen molar-refractivity contribution in [1.82, 2.24) is 9.80 Å². The summed E-state index contributed by atoms with van der Waals surface area (Å²) in [4.78, 5) is 37.8. The molecule has 26 heavy (non-hydrogen) atoms. The van der Waals surface area contributed by atoms with Gasteiger partial charge < -0.3 is 19.3 Å². The second-order valence-electron chi connectivity index (χ2n) is 5.62. The van der Waals surface area contributed by atoms with Crippen LogP contribution in [0.1, 0.15) is 19.4 Å².